The molecule has 2 aromatic carbocycles. The van der Waals surface area contributed by atoms with Crippen LogP contribution in [0, 0.1) is 0 Å². The molecule has 2 amide bonds. The predicted molar refractivity (Wildman–Crippen MR) is 105 cm³/mol. The van der Waals surface area contributed by atoms with Gasteiger partial charge in [0, 0.05) is 43.2 Å². The molecule has 0 radical (unpaired) electrons. The first-order valence-electron chi connectivity index (χ1n) is 9.03. The molecule has 0 spiro atoms. The summed E-state index contributed by atoms with van der Waals surface area (Å²) in [5, 5.41) is 0.608. The minimum absolute atomic E-state index is 0.0206. The van der Waals surface area contributed by atoms with Gasteiger partial charge >= 0.3 is 0 Å². The van der Waals surface area contributed by atoms with E-state index < -0.39 is 0 Å². The summed E-state index contributed by atoms with van der Waals surface area (Å²) in [4.78, 5) is 28.7. The zero-order chi connectivity index (χ0) is 19.2. The molecule has 1 heterocycles. The van der Waals surface area contributed by atoms with E-state index >= 15 is 0 Å². The zero-order valence-corrected chi connectivity index (χ0v) is 16.1. The van der Waals surface area contributed by atoms with Gasteiger partial charge in [0.1, 0.15) is 5.75 Å². The molecule has 1 fully saturated rings. The Morgan fingerprint density at radius 2 is 1.59 bits per heavy atom. The number of benzene rings is 2. The third kappa shape index (κ3) is 4.80. The van der Waals surface area contributed by atoms with Crippen molar-refractivity contribution in [3.8, 4) is 5.75 Å². The Labute approximate surface area is 164 Å². The molecule has 1 saturated heterocycles. The lowest BCUT2D eigenvalue weighted by Crippen LogP contribution is -2.50. The number of amides is 2. The van der Waals surface area contributed by atoms with Crippen molar-refractivity contribution >= 4 is 23.4 Å². The highest BCUT2D eigenvalue weighted by atomic mass is 35.5. The Bertz CT molecular complexity index is 799. The monoisotopic (exact) mass is 386 g/mol. The maximum atomic E-state index is 12.5. The Kier molecular flexibility index (Phi) is 6.35. The highest BCUT2D eigenvalue weighted by Crippen LogP contribution is 2.19. The summed E-state index contributed by atoms with van der Waals surface area (Å²) in [7, 11) is 1.64. The van der Waals surface area contributed by atoms with Crippen molar-refractivity contribution in [3.05, 3.63) is 64.7 Å². The minimum atomic E-state index is -0.0206. The summed E-state index contributed by atoms with van der Waals surface area (Å²) in [6.07, 6.45) is 1.08. The molecule has 3 rings (SSSR count). The van der Waals surface area contributed by atoms with E-state index in [1.54, 1.807) is 36.3 Å². The molecule has 2 aromatic rings. The summed E-state index contributed by atoms with van der Waals surface area (Å²) in [5.74, 6) is 0.899. The van der Waals surface area contributed by atoms with Crippen LogP contribution in [0.5, 0.6) is 5.75 Å². The Hall–Kier alpha value is -2.53. The largest absolute Gasteiger partial charge is 0.496 e. The van der Waals surface area contributed by atoms with Crippen molar-refractivity contribution in [1.82, 2.24) is 9.80 Å². The molecule has 1 aliphatic rings. The van der Waals surface area contributed by atoms with Crippen LogP contribution in [0.2, 0.25) is 5.02 Å². The van der Waals surface area contributed by atoms with Crippen molar-refractivity contribution in [2.45, 2.75) is 12.8 Å². The number of halogens is 1. The molecule has 0 N–H and O–H groups in total. The third-order valence-electron chi connectivity index (χ3n) is 4.81. The highest BCUT2D eigenvalue weighted by molar-refractivity contribution is 6.30. The van der Waals surface area contributed by atoms with Crippen molar-refractivity contribution < 1.29 is 14.3 Å². The summed E-state index contributed by atoms with van der Waals surface area (Å²) in [6.45, 7) is 2.21. The van der Waals surface area contributed by atoms with E-state index in [0.29, 0.717) is 49.6 Å². The Balaban J connectivity index is 1.50. The average Bonchev–Trinajstić information content (AvgIpc) is 2.72. The number of aryl methyl sites for hydroxylation is 1. The Morgan fingerprint density at radius 1 is 0.963 bits per heavy atom. The first-order valence-corrected chi connectivity index (χ1v) is 9.41. The van der Waals surface area contributed by atoms with Gasteiger partial charge < -0.3 is 14.5 Å². The second-order valence-corrected chi connectivity index (χ2v) is 6.93. The maximum absolute atomic E-state index is 12.5. The average molecular weight is 387 g/mol. The van der Waals surface area contributed by atoms with E-state index in [2.05, 4.69) is 0 Å². The van der Waals surface area contributed by atoms with Gasteiger partial charge in [-0.15, -0.1) is 0 Å². The van der Waals surface area contributed by atoms with Crippen LogP contribution in [-0.4, -0.2) is 54.9 Å². The van der Waals surface area contributed by atoms with E-state index in [9.17, 15) is 9.59 Å². The van der Waals surface area contributed by atoms with Crippen molar-refractivity contribution in [1.29, 1.82) is 0 Å². The van der Waals surface area contributed by atoms with Crippen LogP contribution in [0.3, 0.4) is 0 Å². The van der Waals surface area contributed by atoms with E-state index in [-0.39, 0.29) is 11.8 Å². The lowest BCUT2D eigenvalue weighted by molar-refractivity contribution is -0.132. The van der Waals surface area contributed by atoms with Gasteiger partial charge in [-0.05, 0) is 42.3 Å². The molecule has 0 saturated carbocycles. The number of ether oxygens (including phenoxy) is 1. The van der Waals surface area contributed by atoms with Crippen LogP contribution < -0.4 is 4.74 Å². The fraction of sp³-hybridized carbons (Fsp3) is 0.333. The summed E-state index contributed by atoms with van der Waals surface area (Å²) in [6, 6.07) is 14.6. The predicted octanol–water partition coefficient (Wildman–Crippen LogP) is 3.27. The van der Waals surface area contributed by atoms with Gasteiger partial charge in [-0.2, -0.15) is 0 Å². The van der Waals surface area contributed by atoms with E-state index in [0.717, 1.165) is 11.3 Å². The molecular weight excluding hydrogens is 364 g/mol. The summed E-state index contributed by atoms with van der Waals surface area (Å²) in [5.41, 5.74) is 1.65. The maximum Gasteiger partial charge on any atom is 0.253 e. The van der Waals surface area contributed by atoms with Crippen molar-refractivity contribution in [2.24, 2.45) is 0 Å². The minimum Gasteiger partial charge on any atom is -0.496 e. The highest BCUT2D eigenvalue weighted by Gasteiger charge is 2.24. The molecule has 0 bridgehead atoms. The fourth-order valence-electron chi connectivity index (χ4n) is 3.24. The number of nitrogens with zero attached hydrogens (tertiary/aromatic N) is 2. The number of hydrogen-bond donors (Lipinski definition) is 0. The first-order chi connectivity index (χ1) is 13.1. The summed E-state index contributed by atoms with van der Waals surface area (Å²) < 4.78 is 5.34. The lowest BCUT2D eigenvalue weighted by atomic mass is 10.1. The second-order valence-electron chi connectivity index (χ2n) is 6.49. The third-order valence-corrected chi connectivity index (χ3v) is 5.06. The van der Waals surface area contributed by atoms with Crippen LogP contribution in [0.1, 0.15) is 22.3 Å². The number of piperazine rings is 1. The van der Waals surface area contributed by atoms with E-state index in [1.165, 1.54) is 0 Å². The van der Waals surface area contributed by atoms with E-state index in [4.69, 9.17) is 16.3 Å². The normalized spacial score (nSPS) is 14.1. The molecule has 0 aliphatic carbocycles. The van der Waals surface area contributed by atoms with Gasteiger partial charge in [0.25, 0.3) is 5.91 Å². The molecule has 0 atom stereocenters. The Morgan fingerprint density at radius 3 is 2.26 bits per heavy atom. The molecule has 0 unspecified atom stereocenters. The molecule has 5 nitrogen and oxygen atoms in total. The van der Waals surface area contributed by atoms with Gasteiger partial charge in [-0.25, -0.2) is 0 Å². The van der Waals surface area contributed by atoms with Crippen LogP contribution >= 0.6 is 11.6 Å². The van der Waals surface area contributed by atoms with Gasteiger partial charge in [0.15, 0.2) is 0 Å². The van der Waals surface area contributed by atoms with Crippen molar-refractivity contribution in [2.75, 3.05) is 33.3 Å². The van der Waals surface area contributed by atoms with Crippen LogP contribution in [0.4, 0.5) is 0 Å². The van der Waals surface area contributed by atoms with Crippen LogP contribution in [0.25, 0.3) is 0 Å². The topological polar surface area (TPSA) is 49.9 Å². The quantitative estimate of drug-likeness (QED) is 0.792. The fourth-order valence-corrected chi connectivity index (χ4v) is 3.37. The second kappa shape index (κ2) is 8.91. The van der Waals surface area contributed by atoms with Crippen LogP contribution in [0.15, 0.2) is 48.5 Å². The number of carbonyl (C=O) groups is 2. The SMILES string of the molecule is COc1ccccc1CCC(=O)N1CCN(C(=O)c2ccc(Cl)cc2)CC1. The van der Waals surface area contributed by atoms with Gasteiger partial charge in [-0.1, -0.05) is 29.8 Å². The molecule has 6 heteroatoms. The molecule has 1 aliphatic heterocycles. The van der Waals surface area contributed by atoms with E-state index in [1.807, 2.05) is 29.2 Å². The van der Waals surface area contributed by atoms with Gasteiger partial charge in [0.2, 0.25) is 5.91 Å². The van der Waals surface area contributed by atoms with Crippen molar-refractivity contribution in [3.63, 3.8) is 0 Å². The number of hydrogen-bond acceptors (Lipinski definition) is 3. The number of carbonyl (C=O) groups excluding carboxylic acids is 2. The zero-order valence-electron chi connectivity index (χ0n) is 15.4. The lowest BCUT2D eigenvalue weighted by Gasteiger charge is -2.35. The molecule has 0 aromatic heterocycles. The number of rotatable bonds is 5. The summed E-state index contributed by atoms with van der Waals surface area (Å²) >= 11 is 5.87. The molecular formula is C21H23ClN2O3. The molecule has 27 heavy (non-hydrogen) atoms. The molecule has 142 valence electrons. The van der Waals surface area contributed by atoms with Gasteiger partial charge in [-0.3, -0.25) is 9.59 Å². The van der Waals surface area contributed by atoms with Gasteiger partial charge in [0.05, 0.1) is 7.11 Å². The smallest absolute Gasteiger partial charge is 0.253 e. The van der Waals surface area contributed by atoms with Crippen LogP contribution in [-0.2, 0) is 11.2 Å². The first kappa shape index (κ1) is 19.2. The standard InChI is InChI=1S/C21H23ClN2O3/c1-27-19-5-3-2-4-16(19)8-11-20(25)23-12-14-24(15-13-23)21(26)17-6-9-18(22)10-7-17/h2-7,9-10H,8,11-15H2,1H3. The number of methoxy groups -OCH3 is 1. The number of para-hydroxylation sites is 1.